The number of carbonyl (C=O) groups is 1. The fraction of sp³-hybridized carbons (Fsp3) is 0.738. The van der Waals surface area contributed by atoms with Gasteiger partial charge in [-0.2, -0.15) is 0 Å². The fourth-order valence-electron chi connectivity index (χ4n) is 9.14. The van der Waals surface area contributed by atoms with Crippen molar-refractivity contribution in [2.75, 3.05) is 13.2 Å². The zero-order valence-electron chi connectivity index (χ0n) is 47.3. The lowest BCUT2D eigenvalue weighted by atomic mass is 9.99. The number of rotatable bonds is 51. The summed E-state index contributed by atoms with van der Waals surface area (Å²) in [5, 5.41) is 54.4. The lowest BCUT2D eigenvalue weighted by Crippen LogP contribution is -2.60. The van der Waals surface area contributed by atoms with Gasteiger partial charge in [0.15, 0.2) is 6.29 Å². The summed E-state index contributed by atoms with van der Waals surface area (Å²) in [6.45, 7) is 3.65. The van der Waals surface area contributed by atoms with Gasteiger partial charge in [0.1, 0.15) is 24.4 Å². The predicted octanol–water partition coefficient (Wildman–Crippen LogP) is 15.6. The van der Waals surface area contributed by atoms with E-state index in [-0.39, 0.29) is 12.5 Å². The van der Waals surface area contributed by atoms with E-state index >= 15 is 0 Å². The predicted molar refractivity (Wildman–Crippen MR) is 313 cm³/mol. The summed E-state index contributed by atoms with van der Waals surface area (Å²) in [5.41, 5.74) is 0. The van der Waals surface area contributed by atoms with Crippen molar-refractivity contribution in [2.45, 2.75) is 294 Å². The van der Waals surface area contributed by atoms with Crippen LogP contribution < -0.4 is 5.32 Å². The quantitative estimate of drug-likeness (QED) is 0.0261. The van der Waals surface area contributed by atoms with Crippen LogP contribution in [0.25, 0.3) is 0 Å². The van der Waals surface area contributed by atoms with Gasteiger partial charge in [0, 0.05) is 6.42 Å². The molecular weight excluding hydrogens is 923 g/mol. The Morgan fingerprint density at radius 2 is 0.838 bits per heavy atom. The molecule has 1 aliphatic rings. The molecule has 1 aliphatic heterocycles. The smallest absolute Gasteiger partial charge is 0.220 e. The van der Waals surface area contributed by atoms with E-state index in [0.717, 1.165) is 83.5 Å². The summed E-state index contributed by atoms with van der Waals surface area (Å²) in [7, 11) is 0. The first-order chi connectivity index (χ1) is 36.3. The third kappa shape index (κ3) is 42.2. The van der Waals surface area contributed by atoms with Crippen LogP contribution in [0.1, 0.15) is 251 Å². The van der Waals surface area contributed by atoms with Crippen molar-refractivity contribution in [3.8, 4) is 0 Å². The maximum Gasteiger partial charge on any atom is 0.220 e. The first-order valence-corrected chi connectivity index (χ1v) is 30.5. The summed E-state index contributed by atoms with van der Waals surface area (Å²) >= 11 is 0. The van der Waals surface area contributed by atoms with Gasteiger partial charge in [-0.3, -0.25) is 4.79 Å². The van der Waals surface area contributed by atoms with Gasteiger partial charge in [0.2, 0.25) is 5.91 Å². The van der Waals surface area contributed by atoms with Gasteiger partial charge >= 0.3 is 0 Å². The number of hydrogen-bond donors (Lipinski definition) is 6. The van der Waals surface area contributed by atoms with Gasteiger partial charge < -0.3 is 40.3 Å². The number of hydrogen-bond acceptors (Lipinski definition) is 8. The molecule has 426 valence electrons. The fourth-order valence-corrected chi connectivity index (χ4v) is 9.14. The van der Waals surface area contributed by atoms with Crippen molar-refractivity contribution < 1.29 is 39.8 Å². The van der Waals surface area contributed by atoms with Crippen LogP contribution in [-0.4, -0.2) is 87.5 Å². The largest absolute Gasteiger partial charge is 0.394 e. The van der Waals surface area contributed by atoms with Crippen LogP contribution in [0.2, 0.25) is 0 Å². The zero-order chi connectivity index (χ0) is 53.6. The molecule has 6 N–H and O–H groups in total. The van der Waals surface area contributed by atoms with Crippen LogP contribution in [0.3, 0.4) is 0 Å². The van der Waals surface area contributed by atoms with Gasteiger partial charge in [-0.1, -0.05) is 265 Å². The molecule has 0 spiro atoms. The highest BCUT2D eigenvalue weighted by Crippen LogP contribution is 2.23. The molecule has 1 amide bonds. The Labute approximate surface area is 453 Å². The second-order valence-corrected chi connectivity index (χ2v) is 20.8. The normalized spacial score (nSPS) is 19.7. The molecule has 9 nitrogen and oxygen atoms in total. The topological polar surface area (TPSA) is 149 Å². The van der Waals surface area contributed by atoms with Crippen LogP contribution in [0.15, 0.2) is 97.2 Å². The van der Waals surface area contributed by atoms with E-state index in [1.54, 1.807) is 6.08 Å². The summed E-state index contributed by atoms with van der Waals surface area (Å²) in [6, 6.07) is -0.807. The Balaban J connectivity index is 2.08. The number of amides is 1. The van der Waals surface area contributed by atoms with Crippen LogP contribution in [0.4, 0.5) is 0 Å². The summed E-state index contributed by atoms with van der Waals surface area (Å²) in [5.74, 6) is -0.179. The molecule has 0 aliphatic carbocycles. The van der Waals surface area contributed by atoms with Gasteiger partial charge in [-0.25, -0.2) is 0 Å². The molecule has 1 heterocycles. The van der Waals surface area contributed by atoms with Crippen LogP contribution >= 0.6 is 0 Å². The number of nitrogens with one attached hydrogen (secondary N) is 1. The number of carbonyl (C=O) groups excluding carboxylic acids is 1. The Morgan fingerprint density at radius 3 is 1.24 bits per heavy atom. The molecule has 0 aromatic rings. The summed E-state index contributed by atoms with van der Waals surface area (Å²) < 4.78 is 11.2. The molecule has 74 heavy (non-hydrogen) atoms. The molecule has 1 fully saturated rings. The van der Waals surface area contributed by atoms with Crippen molar-refractivity contribution in [3.05, 3.63) is 97.2 Å². The molecule has 0 aromatic heterocycles. The van der Waals surface area contributed by atoms with Gasteiger partial charge in [-0.15, -0.1) is 0 Å². The number of aliphatic hydroxyl groups is 5. The van der Waals surface area contributed by atoms with Crippen molar-refractivity contribution >= 4 is 5.91 Å². The molecule has 0 aromatic carbocycles. The molecule has 7 unspecified atom stereocenters. The van der Waals surface area contributed by atoms with E-state index < -0.39 is 49.5 Å². The van der Waals surface area contributed by atoms with E-state index in [1.807, 2.05) is 6.08 Å². The SMILES string of the molecule is CC/C=C\C/C=C\C/C=C\C/C=C\C/C=C\C/C=C\C/C=C\CCCCCCCCCCCCCCCCCCCC(=O)NC(COC1OC(CO)C(O)C(O)C1O)C(O)/C=C/CCCCCCCCCCCC. The minimum Gasteiger partial charge on any atom is -0.394 e. The standard InChI is InChI=1S/C65H113NO8/c1-3-5-7-9-11-13-15-17-18-19-20-21-22-23-24-25-26-27-28-29-30-31-32-33-34-35-36-37-38-39-40-41-42-43-45-47-49-51-53-55-61(69)66-58(57-73-65-64(72)63(71)62(70)60(56-67)74-65)59(68)54-52-50-48-46-44-16-14-12-10-8-6-4-2/h5,7,11,13,17-18,20-21,23-24,26-27,29-30,52,54,58-60,62-65,67-68,70-72H,3-4,6,8-10,12,14-16,19,22,25,28,31-51,53,55-57H2,1-2H3,(H,66,69)/b7-5-,13-11-,18-17-,21-20-,24-23-,27-26-,30-29-,54-52+. The van der Waals surface area contributed by atoms with E-state index in [2.05, 4.69) is 104 Å². The molecule has 0 bridgehead atoms. The maximum absolute atomic E-state index is 13.0. The highest BCUT2D eigenvalue weighted by atomic mass is 16.7. The molecule has 1 rings (SSSR count). The lowest BCUT2D eigenvalue weighted by molar-refractivity contribution is -0.302. The van der Waals surface area contributed by atoms with Crippen molar-refractivity contribution in [1.82, 2.24) is 5.32 Å². The number of allylic oxidation sites excluding steroid dienone is 15. The van der Waals surface area contributed by atoms with Crippen LogP contribution in [0, 0.1) is 0 Å². The number of unbranched alkanes of at least 4 members (excludes halogenated alkanes) is 27. The van der Waals surface area contributed by atoms with E-state index in [0.29, 0.717) is 6.42 Å². The van der Waals surface area contributed by atoms with Gasteiger partial charge in [0.25, 0.3) is 0 Å². The first-order valence-electron chi connectivity index (χ1n) is 30.5. The summed E-state index contributed by atoms with van der Waals surface area (Å²) in [6.07, 6.45) is 70.7. The number of ether oxygens (including phenoxy) is 2. The third-order valence-electron chi connectivity index (χ3n) is 13.9. The van der Waals surface area contributed by atoms with Crippen molar-refractivity contribution in [2.24, 2.45) is 0 Å². The monoisotopic (exact) mass is 1040 g/mol. The Hall–Kier alpha value is -2.89. The maximum atomic E-state index is 13.0. The average molecular weight is 1040 g/mol. The molecule has 1 saturated heterocycles. The Kier molecular flexibility index (Phi) is 50.0. The zero-order valence-corrected chi connectivity index (χ0v) is 47.3. The second-order valence-electron chi connectivity index (χ2n) is 20.8. The average Bonchev–Trinajstić information content (AvgIpc) is 3.40. The Morgan fingerprint density at radius 1 is 0.473 bits per heavy atom. The second kappa shape index (κ2) is 53.5. The highest BCUT2D eigenvalue weighted by molar-refractivity contribution is 5.76. The molecule has 9 heteroatoms. The molecule has 0 saturated carbocycles. The van der Waals surface area contributed by atoms with Crippen molar-refractivity contribution in [1.29, 1.82) is 0 Å². The lowest BCUT2D eigenvalue weighted by Gasteiger charge is -2.40. The van der Waals surface area contributed by atoms with Crippen LogP contribution in [0.5, 0.6) is 0 Å². The van der Waals surface area contributed by atoms with E-state index in [1.165, 1.54) is 148 Å². The van der Waals surface area contributed by atoms with Crippen molar-refractivity contribution in [3.63, 3.8) is 0 Å². The Bertz CT molecular complexity index is 1480. The minimum absolute atomic E-state index is 0.179. The summed E-state index contributed by atoms with van der Waals surface area (Å²) in [4.78, 5) is 13.0. The minimum atomic E-state index is -1.57. The van der Waals surface area contributed by atoms with E-state index in [4.69, 9.17) is 9.47 Å². The highest BCUT2D eigenvalue weighted by Gasteiger charge is 2.44. The van der Waals surface area contributed by atoms with E-state index in [9.17, 15) is 30.3 Å². The third-order valence-corrected chi connectivity index (χ3v) is 13.9. The van der Waals surface area contributed by atoms with Crippen LogP contribution in [-0.2, 0) is 14.3 Å². The van der Waals surface area contributed by atoms with Gasteiger partial charge in [0.05, 0.1) is 25.4 Å². The first kappa shape index (κ1) is 69.1. The number of aliphatic hydroxyl groups excluding tert-OH is 5. The molecule has 0 radical (unpaired) electrons. The molecular formula is C65H113NO8. The van der Waals surface area contributed by atoms with Gasteiger partial charge in [-0.05, 0) is 77.0 Å². The molecule has 7 atom stereocenters.